The van der Waals surface area contributed by atoms with Gasteiger partial charge in [0.2, 0.25) is 5.88 Å². The Morgan fingerprint density at radius 3 is 2.81 bits per heavy atom. The Bertz CT molecular complexity index is 1130. The van der Waals surface area contributed by atoms with Gasteiger partial charge >= 0.3 is 0 Å². The molecule has 0 unspecified atom stereocenters. The number of nitrogens with one attached hydrogen (secondary N) is 2. The molecule has 1 aliphatic rings. The van der Waals surface area contributed by atoms with Gasteiger partial charge in [-0.15, -0.1) is 11.3 Å². The molecule has 0 fully saturated rings. The van der Waals surface area contributed by atoms with Crippen LogP contribution in [0.5, 0.6) is 0 Å². The van der Waals surface area contributed by atoms with E-state index in [0.29, 0.717) is 5.88 Å². The van der Waals surface area contributed by atoms with Crippen LogP contribution in [0.15, 0.2) is 89.2 Å². The largest absolute Gasteiger partial charge is 0.447 e. The van der Waals surface area contributed by atoms with Crippen LogP contribution in [0.3, 0.4) is 0 Å². The first-order valence-electron chi connectivity index (χ1n) is 8.57. The molecule has 0 saturated heterocycles. The molecule has 0 saturated carbocycles. The van der Waals surface area contributed by atoms with Crippen molar-refractivity contribution in [1.82, 2.24) is 20.1 Å². The second-order valence-corrected chi connectivity index (χ2v) is 6.91. The fourth-order valence-corrected chi connectivity index (χ4v) is 3.90. The van der Waals surface area contributed by atoms with Gasteiger partial charge in [-0.25, -0.2) is 0 Å². The second kappa shape index (κ2) is 6.66. The highest BCUT2D eigenvalue weighted by Crippen LogP contribution is 2.40. The van der Waals surface area contributed by atoms with Crippen molar-refractivity contribution < 1.29 is 4.42 Å². The highest BCUT2D eigenvalue weighted by Gasteiger charge is 2.25. The van der Waals surface area contributed by atoms with Gasteiger partial charge < -0.3 is 14.7 Å². The normalized spacial score (nSPS) is 13.4. The number of hydrogen-bond donors (Lipinski definition) is 2. The number of H-pyrrole nitrogens is 1. The maximum atomic E-state index is 5.68. The van der Waals surface area contributed by atoms with Crippen LogP contribution in [0.2, 0.25) is 0 Å². The van der Waals surface area contributed by atoms with Gasteiger partial charge in [0.1, 0.15) is 5.69 Å². The number of allylic oxidation sites excluding steroid dienone is 4. The molecular formula is C21H16N4OS. The summed E-state index contributed by atoms with van der Waals surface area (Å²) in [6.07, 6.45) is 13.5. The third-order valence-electron chi connectivity index (χ3n) is 4.30. The van der Waals surface area contributed by atoms with Gasteiger partial charge in [-0.3, -0.25) is 0 Å². The Labute approximate surface area is 160 Å². The van der Waals surface area contributed by atoms with Gasteiger partial charge in [0.05, 0.1) is 28.1 Å². The van der Waals surface area contributed by atoms with E-state index in [1.165, 1.54) is 0 Å². The minimum absolute atomic E-state index is 0.678. The van der Waals surface area contributed by atoms with Gasteiger partial charge in [0, 0.05) is 24.2 Å². The van der Waals surface area contributed by atoms with Crippen LogP contribution in [0.25, 0.3) is 33.4 Å². The predicted molar refractivity (Wildman–Crippen MR) is 108 cm³/mol. The minimum Gasteiger partial charge on any atom is -0.447 e. The number of thiophene rings is 1. The molecule has 0 bridgehead atoms. The molecule has 0 amide bonds. The van der Waals surface area contributed by atoms with Crippen molar-refractivity contribution in [2.75, 3.05) is 0 Å². The van der Waals surface area contributed by atoms with Crippen molar-refractivity contribution >= 4 is 17.0 Å². The van der Waals surface area contributed by atoms with Gasteiger partial charge in [0.25, 0.3) is 0 Å². The zero-order chi connectivity index (χ0) is 18.1. The lowest BCUT2D eigenvalue weighted by Crippen LogP contribution is -2.05. The van der Waals surface area contributed by atoms with E-state index in [2.05, 4.69) is 27.8 Å². The summed E-state index contributed by atoms with van der Waals surface area (Å²) in [7, 11) is 0. The predicted octanol–water partition coefficient (Wildman–Crippen LogP) is 5.20. The van der Waals surface area contributed by atoms with Crippen LogP contribution >= 0.6 is 11.3 Å². The van der Waals surface area contributed by atoms with Crippen molar-refractivity contribution in [2.45, 2.75) is 0 Å². The number of hydrogen-bond acceptors (Lipinski definition) is 4. The molecule has 132 valence electrons. The second-order valence-electron chi connectivity index (χ2n) is 5.97. The lowest BCUT2D eigenvalue weighted by molar-refractivity contribution is 0.524. The number of rotatable bonds is 4. The molecule has 2 N–H and O–H groups in total. The molecule has 1 aliphatic heterocycles. The highest BCUT2D eigenvalue weighted by molar-refractivity contribution is 7.13. The Kier molecular flexibility index (Phi) is 3.88. The molecule has 4 aromatic heterocycles. The average molecular weight is 372 g/mol. The lowest BCUT2D eigenvalue weighted by Gasteiger charge is -2.07. The van der Waals surface area contributed by atoms with Crippen molar-refractivity contribution in [2.24, 2.45) is 0 Å². The van der Waals surface area contributed by atoms with E-state index in [9.17, 15) is 0 Å². The number of aromatic amines is 1. The molecule has 5 heterocycles. The smallest absolute Gasteiger partial charge is 0.220 e. The standard InChI is InChI=1S/C21H16N4OS/c1-2-7-16(23-11-3-1)20-19(15-8-4-12-22-15)21(17-9-6-14-27-17)25(24-20)18-10-5-13-26-18/h1-14,22-23H. The summed E-state index contributed by atoms with van der Waals surface area (Å²) in [4.78, 5) is 4.46. The van der Waals surface area contributed by atoms with Crippen LogP contribution in [-0.2, 0) is 0 Å². The SMILES string of the molecule is C1=CC=C(c2nn(-c3ccco3)c(-c3cccs3)c2-c2ccc[nH]2)NC=C1. The first-order chi connectivity index (χ1) is 13.4. The molecule has 4 aromatic rings. The third-order valence-corrected chi connectivity index (χ3v) is 5.17. The number of aromatic nitrogens is 3. The van der Waals surface area contributed by atoms with E-state index < -0.39 is 0 Å². The molecule has 5 rings (SSSR count). The van der Waals surface area contributed by atoms with Gasteiger partial charge in [-0.2, -0.15) is 9.78 Å². The van der Waals surface area contributed by atoms with Crippen molar-refractivity contribution in [1.29, 1.82) is 0 Å². The van der Waals surface area contributed by atoms with Crippen molar-refractivity contribution in [3.63, 3.8) is 0 Å². The van der Waals surface area contributed by atoms with Gasteiger partial charge in [0.15, 0.2) is 0 Å². The monoisotopic (exact) mass is 372 g/mol. The quantitative estimate of drug-likeness (QED) is 0.517. The summed E-state index contributed by atoms with van der Waals surface area (Å²) < 4.78 is 7.56. The Morgan fingerprint density at radius 1 is 1.04 bits per heavy atom. The lowest BCUT2D eigenvalue weighted by atomic mass is 10.1. The van der Waals surface area contributed by atoms with E-state index in [1.807, 2.05) is 65.6 Å². The first kappa shape index (κ1) is 15.7. The van der Waals surface area contributed by atoms with E-state index in [4.69, 9.17) is 9.52 Å². The molecule has 0 aromatic carbocycles. The van der Waals surface area contributed by atoms with E-state index in [0.717, 1.165) is 33.2 Å². The Hall–Kier alpha value is -3.51. The molecule has 0 spiro atoms. The average Bonchev–Trinajstić information content (AvgIpc) is 3.45. The Morgan fingerprint density at radius 2 is 2.04 bits per heavy atom. The topological polar surface area (TPSA) is 58.8 Å². The summed E-state index contributed by atoms with van der Waals surface area (Å²) in [5.74, 6) is 0.678. The summed E-state index contributed by atoms with van der Waals surface area (Å²) in [5, 5.41) is 10.3. The Balaban J connectivity index is 1.83. The molecular weight excluding hydrogens is 356 g/mol. The van der Waals surface area contributed by atoms with Crippen LogP contribution in [0, 0.1) is 0 Å². The van der Waals surface area contributed by atoms with Crippen LogP contribution < -0.4 is 5.32 Å². The molecule has 0 radical (unpaired) electrons. The maximum absolute atomic E-state index is 5.68. The molecule has 0 atom stereocenters. The fourth-order valence-electron chi connectivity index (χ4n) is 3.14. The van der Waals surface area contributed by atoms with Crippen LogP contribution in [-0.4, -0.2) is 14.8 Å². The molecule has 0 aliphatic carbocycles. The zero-order valence-electron chi connectivity index (χ0n) is 14.3. The van der Waals surface area contributed by atoms with Crippen LogP contribution in [0.4, 0.5) is 0 Å². The molecule has 27 heavy (non-hydrogen) atoms. The van der Waals surface area contributed by atoms with Crippen molar-refractivity contribution in [3.8, 4) is 27.7 Å². The summed E-state index contributed by atoms with van der Waals surface area (Å²) in [5.41, 5.74) is 4.81. The first-order valence-corrected chi connectivity index (χ1v) is 9.45. The van der Waals surface area contributed by atoms with Gasteiger partial charge in [-0.1, -0.05) is 18.2 Å². The van der Waals surface area contributed by atoms with Gasteiger partial charge in [-0.05, 0) is 41.8 Å². The van der Waals surface area contributed by atoms with E-state index in [1.54, 1.807) is 17.6 Å². The molecule has 6 heteroatoms. The third kappa shape index (κ3) is 2.76. The van der Waals surface area contributed by atoms with E-state index in [-0.39, 0.29) is 0 Å². The number of nitrogens with zero attached hydrogens (tertiary/aromatic N) is 2. The zero-order valence-corrected chi connectivity index (χ0v) is 15.1. The summed E-state index contributed by atoms with van der Waals surface area (Å²) in [6, 6.07) is 12.0. The van der Waals surface area contributed by atoms with E-state index >= 15 is 0 Å². The maximum Gasteiger partial charge on any atom is 0.220 e. The highest BCUT2D eigenvalue weighted by atomic mass is 32.1. The fraction of sp³-hybridized carbons (Fsp3) is 0. The summed E-state index contributed by atoms with van der Waals surface area (Å²) >= 11 is 1.68. The summed E-state index contributed by atoms with van der Waals surface area (Å²) in [6.45, 7) is 0. The van der Waals surface area contributed by atoms with Crippen molar-refractivity contribution in [3.05, 3.63) is 90.4 Å². The van der Waals surface area contributed by atoms with Crippen LogP contribution in [0.1, 0.15) is 5.69 Å². The minimum atomic E-state index is 0.678. The number of furan rings is 1. The molecule has 5 nitrogen and oxygen atoms in total.